The van der Waals surface area contributed by atoms with Crippen LogP contribution >= 0.6 is 0 Å². The molecule has 1 saturated heterocycles. The molecule has 2 heterocycles. The zero-order valence-electron chi connectivity index (χ0n) is 19.6. The number of nitrogens with two attached hydrogens (primary N) is 1. The van der Waals surface area contributed by atoms with Crippen molar-refractivity contribution in [2.24, 2.45) is 0 Å². The second-order valence-electron chi connectivity index (χ2n) is 8.84. The van der Waals surface area contributed by atoms with E-state index in [1.807, 2.05) is 17.0 Å². The molecule has 4 rings (SSSR count). The van der Waals surface area contributed by atoms with Gasteiger partial charge in [0.15, 0.2) is 0 Å². The van der Waals surface area contributed by atoms with E-state index in [4.69, 9.17) is 5.73 Å². The van der Waals surface area contributed by atoms with Crippen molar-refractivity contribution < 1.29 is 8.42 Å². The quantitative estimate of drug-likeness (QED) is 0.610. The second-order valence-corrected chi connectivity index (χ2v) is 10.8. The van der Waals surface area contributed by atoms with Crippen molar-refractivity contribution in [3.05, 3.63) is 65.4 Å². The number of hydrogen-bond acceptors (Lipinski definition) is 7. The molecular weight excluding hydrogens is 434 g/mol. The lowest BCUT2D eigenvalue weighted by Crippen LogP contribution is -2.47. The van der Waals surface area contributed by atoms with Crippen LogP contribution in [0.3, 0.4) is 0 Å². The number of sulfone groups is 1. The van der Waals surface area contributed by atoms with Gasteiger partial charge in [0.2, 0.25) is 15.8 Å². The van der Waals surface area contributed by atoms with Crippen LogP contribution in [0.2, 0.25) is 0 Å². The number of nitrogen functional groups attached to an aromatic ring is 1. The summed E-state index contributed by atoms with van der Waals surface area (Å²) in [4.78, 5) is 13.3. The third kappa shape index (κ3) is 4.53. The molecule has 2 aromatic carbocycles. The lowest BCUT2D eigenvalue weighted by molar-refractivity contribution is 0.595. The lowest BCUT2D eigenvalue weighted by atomic mass is 10.0. The van der Waals surface area contributed by atoms with Crippen LogP contribution in [-0.2, 0) is 9.84 Å². The Balaban J connectivity index is 1.50. The minimum Gasteiger partial charge on any atom is -0.382 e. The number of anilines is 3. The molecule has 0 atom stereocenters. The van der Waals surface area contributed by atoms with Crippen molar-refractivity contribution in [3.63, 3.8) is 0 Å². The minimum absolute atomic E-state index is 0.0232. The Morgan fingerprint density at radius 2 is 1.58 bits per heavy atom. The summed E-state index contributed by atoms with van der Waals surface area (Å²) in [6, 6.07) is 13.3. The molecule has 0 bridgehead atoms. The molecule has 0 amide bonds. The molecule has 174 valence electrons. The Morgan fingerprint density at radius 1 is 0.939 bits per heavy atom. The van der Waals surface area contributed by atoms with Crippen LogP contribution in [-0.4, -0.2) is 44.6 Å². The zero-order valence-corrected chi connectivity index (χ0v) is 20.4. The molecule has 8 heteroatoms. The predicted octanol–water partition coefficient (Wildman–Crippen LogP) is 3.96. The van der Waals surface area contributed by atoms with Gasteiger partial charge in [0.25, 0.3) is 0 Å². The van der Waals surface area contributed by atoms with Crippen LogP contribution in [0.25, 0.3) is 0 Å². The molecule has 1 fully saturated rings. The summed E-state index contributed by atoms with van der Waals surface area (Å²) in [6.07, 6.45) is 1.33. The fourth-order valence-corrected chi connectivity index (χ4v) is 5.38. The summed E-state index contributed by atoms with van der Waals surface area (Å²) < 4.78 is 26.2. The van der Waals surface area contributed by atoms with E-state index in [1.165, 1.54) is 23.0 Å². The van der Waals surface area contributed by atoms with Crippen LogP contribution in [0.1, 0.15) is 36.5 Å². The predicted molar refractivity (Wildman–Crippen MR) is 133 cm³/mol. The fourth-order valence-electron chi connectivity index (χ4n) is 4.12. The molecule has 0 radical (unpaired) electrons. The maximum atomic E-state index is 13.1. The third-order valence-electron chi connectivity index (χ3n) is 6.40. The van der Waals surface area contributed by atoms with Gasteiger partial charge in [-0.25, -0.2) is 13.4 Å². The van der Waals surface area contributed by atoms with E-state index in [0.717, 1.165) is 31.7 Å². The van der Waals surface area contributed by atoms with Gasteiger partial charge in [-0.15, -0.1) is 0 Å². The van der Waals surface area contributed by atoms with Crippen LogP contribution in [0.4, 0.5) is 17.5 Å². The van der Waals surface area contributed by atoms with E-state index in [-0.39, 0.29) is 15.6 Å². The van der Waals surface area contributed by atoms with Crippen molar-refractivity contribution in [1.82, 2.24) is 9.97 Å². The number of hydrogen-bond donors (Lipinski definition) is 1. The van der Waals surface area contributed by atoms with Gasteiger partial charge in [-0.05, 0) is 54.7 Å². The molecule has 1 aliphatic heterocycles. The number of nitrogens with zero attached hydrogens (tertiary/aromatic N) is 4. The highest BCUT2D eigenvalue weighted by Crippen LogP contribution is 2.28. The van der Waals surface area contributed by atoms with Crippen molar-refractivity contribution in [1.29, 1.82) is 0 Å². The van der Waals surface area contributed by atoms with Crippen molar-refractivity contribution in [3.8, 4) is 0 Å². The molecule has 2 N–H and O–H groups in total. The van der Waals surface area contributed by atoms with Gasteiger partial charge in [0, 0.05) is 31.9 Å². The summed E-state index contributed by atoms with van der Waals surface area (Å²) in [5, 5.41) is 0. The summed E-state index contributed by atoms with van der Waals surface area (Å²) in [5.41, 5.74) is 11.0. The van der Waals surface area contributed by atoms with Gasteiger partial charge < -0.3 is 15.5 Å². The second kappa shape index (κ2) is 9.02. The Hall–Kier alpha value is -3.13. The monoisotopic (exact) mass is 465 g/mol. The first kappa shape index (κ1) is 23.0. The molecule has 0 unspecified atom stereocenters. The molecule has 1 aromatic heterocycles. The highest BCUT2D eigenvalue weighted by atomic mass is 32.2. The van der Waals surface area contributed by atoms with E-state index in [2.05, 4.69) is 60.8 Å². The molecule has 3 aromatic rings. The normalized spacial score (nSPS) is 14.7. The number of rotatable bonds is 5. The SMILES string of the molecule is Cc1cccc(N2CCN(c3ncc(S(=O)(=O)c4ccc(C(C)C)cc4)c(N)n3)CC2)c1C. The van der Waals surface area contributed by atoms with Gasteiger partial charge >= 0.3 is 0 Å². The molecule has 7 nitrogen and oxygen atoms in total. The molecule has 1 aliphatic rings. The zero-order chi connectivity index (χ0) is 23.8. The lowest BCUT2D eigenvalue weighted by Gasteiger charge is -2.37. The van der Waals surface area contributed by atoms with Gasteiger partial charge in [0.05, 0.1) is 11.1 Å². The largest absolute Gasteiger partial charge is 0.382 e. The molecule has 0 aliphatic carbocycles. The molecular formula is C25H31N5O2S. The van der Waals surface area contributed by atoms with Crippen LogP contribution in [0.15, 0.2) is 58.5 Å². The third-order valence-corrected chi connectivity index (χ3v) is 8.18. The maximum Gasteiger partial charge on any atom is 0.227 e. The molecule has 0 saturated carbocycles. The Bertz CT molecular complexity index is 1250. The van der Waals surface area contributed by atoms with Gasteiger partial charge in [0.1, 0.15) is 10.7 Å². The first-order chi connectivity index (χ1) is 15.7. The van der Waals surface area contributed by atoms with E-state index >= 15 is 0 Å². The summed E-state index contributed by atoms with van der Waals surface area (Å²) in [7, 11) is -3.79. The van der Waals surface area contributed by atoms with E-state index in [1.54, 1.807) is 12.1 Å². The first-order valence-electron chi connectivity index (χ1n) is 11.2. The average molecular weight is 466 g/mol. The highest BCUT2D eigenvalue weighted by molar-refractivity contribution is 7.91. The van der Waals surface area contributed by atoms with Gasteiger partial charge in [-0.2, -0.15) is 4.98 Å². The number of piperazine rings is 1. The first-order valence-corrected chi connectivity index (χ1v) is 12.7. The Kier molecular flexibility index (Phi) is 6.30. The van der Waals surface area contributed by atoms with E-state index in [9.17, 15) is 8.42 Å². The topological polar surface area (TPSA) is 92.4 Å². The minimum atomic E-state index is -3.79. The number of aryl methyl sites for hydroxylation is 1. The summed E-state index contributed by atoms with van der Waals surface area (Å²) >= 11 is 0. The Labute approximate surface area is 196 Å². The van der Waals surface area contributed by atoms with Crippen LogP contribution < -0.4 is 15.5 Å². The highest BCUT2D eigenvalue weighted by Gasteiger charge is 2.25. The average Bonchev–Trinajstić information content (AvgIpc) is 2.81. The maximum absolute atomic E-state index is 13.1. The fraction of sp³-hybridized carbons (Fsp3) is 0.360. The molecule has 33 heavy (non-hydrogen) atoms. The van der Waals surface area contributed by atoms with E-state index < -0.39 is 9.84 Å². The summed E-state index contributed by atoms with van der Waals surface area (Å²) in [6.45, 7) is 11.5. The number of aromatic nitrogens is 2. The van der Waals surface area contributed by atoms with E-state index in [0.29, 0.717) is 11.9 Å². The Morgan fingerprint density at radius 3 is 2.18 bits per heavy atom. The van der Waals surface area contributed by atoms with Crippen LogP contribution in [0, 0.1) is 13.8 Å². The van der Waals surface area contributed by atoms with Crippen molar-refractivity contribution >= 4 is 27.3 Å². The smallest absolute Gasteiger partial charge is 0.227 e. The van der Waals surface area contributed by atoms with Gasteiger partial charge in [-0.1, -0.05) is 38.1 Å². The van der Waals surface area contributed by atoms with Crippen molar-refractivity contribution in [2.75, 3.05) is 41.7 Å². The summed E-state index contributed by atoms with van der Waals surface area (Å²) in [5.74, 6) is 0.761. The van der Waals surface area contributed by atoms with Gasteiger partial charge in [-0.3, -0.25) is 0 Å². The van der Waals surface area contributed by atoms with Crippen LogP contribution in [0.5, 0.6) is 0 Å². The molecule has 0 spiro atoms. The van der Waals surface area contributed by atoms with Crippen molar-refractivity contribution in [2.45, 2.75) is 43.4 Å². The standard InChI is InChI=1S/C25H31N5O2S/c1-17(2)20-8-10-21(11-9-20)33(31,32)23-16-27-25(28-24(23)26)30-14-12-29(13-15-30)22-7-5-6-18(3)19(22)4/h5-11,16-17H,12-15H2,1-4H3,(H2,26,27,28). The number of benzene rings is 2.